The second-order valence-corrected chi connectivity index (χ2v) is 6.37. The van der Waals surface area contributed by atoms with Crippen LogP contribution in [0.15, 0.2) is 0 Å². The maximum absolute atomic E-state index is 6.65. The van der Waals surface area contributed by atoms with Gasteiger partial charge >= 0.3 is 0 Å². The summed E-state index contributed by atoms with van der Waals surface area (Å²) in [6.07, 6.45) is 8.03. The average molecular weight is 269 g/mol. The van der Waals surface area contributed by atoms with Gasteiger partial charge in [0.1, 0.15) is 0 Å². The predicted molar refractivity (Wildman–Crippen MR) is 78.2 cm³/mol. The zero-order valence-electron chi connectivity index (χ0n) is 12.9. The molecule has 2 atom stereocenters. The lowest BCUT2D eigenvalue weighted by atomic mass is 9.67. The van der Waals surface area contributed by atoms with E-state index >= 15 is 0 Å². The van der Waals surface area contributed by atoms with Gasteiger partial charge in [-0.05, 0) is 57.8 Å². The van der Waals surface area contributed by atoms with Crippen molar-refractivity contribution < 1.29 is 9.47 Å². The minimum absolute atomic E-state index is 0.137. The van der Waals surface area contributed by atoms with Gasteiger partial charge in [0, 0.05) is 19.3 Å². The van der Waals surface area contributed by atoms with E-state index in [1.165, 1.54) is 19.3 Å². The summed E-state index contributed by atoms with van der Waals surface area (Å²) in [7, 11) is 0. The Morgan fingerprint density at radius 3 is 2.47 bits per heavy atom. The number of rotatable bonds is 6. The molecule has 1 aliphatic heterocycles. The van der Waals surface area contributed by atoms with E-state index in [9.17, 15) is 0 Å². The van der Waals surface area contributed by atoms with Crippen molar-refractivity contribution in [3.05, 3.63) is 0 Å². The first-order valence-corrected chi connectivity index (χ1v) is 8.15. The Morgan fingerprint density at radius 1 is 1.32 bits per heavy atom. The van der Waals surface area contributed by atoms with Gasteiger partial charge in [0.05, 0.1) is 11.2 Å². The molecule has 1 saturated carbocycles. The van der Waals surface area contributed by atoms with E-state index in [2.05, 4.69) is 20.8 Å². The van der Waals surface area contributed by atoms with Crippen LogP contribution >= 0.6 is 0 Å². The molecule has 0 aromatic rings. The van der Waals surface area contributed by atoms with Crippen LogP contribution in [0.25, 0.3) is 0 Å². The first-order valence-electron chi connectivity index (χ1n) is 8.15. The SMILES string of the molecule is CCOC(CC)(CC)C(N)C1CCOC2(CCC2)C1. The fourth-order valence-electron chi connectivity index (χ4n) is 4.03. The molecule has 0 aromatic heterocycles. The molecule has 2 fully saturated rings. The van der Waals surface area contributed by atoms with Gasteiger partial charge < -0.3 is 15.2 Å². The second-order valence-electron chi connectivity index (χ2n) is 6.37. The maximum Gasteiger partial charge on any atom is 0.0829 e. The summed E-state index contributed by atoms with van der Waals surface area (Å²) in [4.78, 5) is 0. The molecular weight excluding hydrogens is 238 g/mol. The van der Waals surface area contributed by atoms with Crippen molar-refractivity contribution in [3.63, 3.8) is 0 Å². The van der Waals surface area contributed by atoms with Crippen molar-refractivity contribution in [3.8, 4) is 0 Å². The molecule has 1 aliphatic carbocycles. The molecule has 3 nitrogen and oxygen atoms in total. The van der Waals surface area contributed by atoms with Gasteiger partial charge in [-0.25, -0.2) is 0 Å². The lowest BCUT2D eigenvalue weighted by Crippen LogP contribution is -2.57. The van der Waals surface area contributed by atoms with Crippen LogP contribution in [0.2, 0.25) is 0 Å². The van der Waals surface area contributed by atoms with E-state index in [0.717, 1.165) is 38.9 Å². The summed E-state index contributed by atoms with van der Waals surface area (Å²) in [5.74, 6) is 0.556. The molecule has 2 N–H and O–H groups in total. The average Bonchev–Trinajstić information content (AvgIpc) is 2.42. The van der Waals surface area contributed by atoms with Crippen LogP contribution in [0.3, 0.4) is 0 Å². The van der Waals surface area contributed by atoms with Crippen LogP contribution in [0.4, 0.5) is 0 Å². The molecule has 2 aliphatic rings. The smallest absolute Gasteiger partial charge is 0.0829 e. The largest absolute Gasteiger partial charge is 0.375 e. The van der Waals surface area contributed by atoms with E-state index in [1.54, 1.807) is 0 Å². The molecule has 19 heavy (non-hydrogen) atoms. The fraction of sp³-hybridized carbons (Fsp3) is 1.00. The monoisotopic (exact) mass is 269 g/mol. The third-order valence-corrected chi connectivity index (χ3v) is 5.54. The Labute approximate surface area is 118 Å². The highest BCUT2D eigenvalue weighted by molar-refractivity contribution is 5.01. The molecule has 1 saturated heterocycles. The van der Waals surface area contributed by atoms with Gasteiger partial charge in [0.2, 0.25) is 0 Å². The molecule has 1 heterocycles. The van der Waals surface area contributed by atoms with E-state index in [4.69, 9.17) is 15.2 Å². The topological polar surface area (TPSA) is 44.5 Å². The zero-order valence-corrected chi connectivity index (χ0v) is 12.9. The lowest BCUT2D eigenvalue weighted by Gasteiger charge is -2.51. The Balaban J connectivity index is 2.05. The van der Waals surface area contributed by atoms with Crippen molar-refractivity contribution in [1.82, 2.24) is 0 Å². The number of hydrogen-bond acceptors (Lipinski definition) is 3. The Bertz CT molecular complexity index is 284. The van der Waals surface area contributed by atoms with Crippen LogP contribution in [0.5, 0.6) is 0 Å². The summed E-state index contributed by atoms with van der Waals surface area (Å²) in [6, 6.07) is 0.142. The van der Waals surface area contributed by atoms with Gasteiger partial charge in [0.25, 0.3) is 0 Å². The van der Waals surface area contributed by atoms with Crippen molar-refractivity contribution >= 4 is 0 Å². The molecule has 0 amide bonds. The molecule has 0 radical (unpaired) electrons. The molecule has 1 spiro atoms. The highest BCUT2D eigenvalue weighted by Gasteiger charge is 2.47. The van der Waals surface area contributed by atoms with Gasteiger partial charge in [-0.1, -0.05) is 13.8 Å². The fourth-order valence-corrected chi connectivity index (χ4v) is 4.03. The third-order valence-electron chi connectivity index (χ3n) is 5.54. The van der Waals surface area contributed by atoms with Gasteiger partial charge in [-0.2, -0.15) is 0 Å². The van der Waals surface area contributed by atoms with Crippen molar-refractivity contribution in [2.24, 2.45) is 11.7 Å². The number of ether oxygens (including phenoxy) is 2. The van der Waals surface area contributed by atoms with E-state index in [-0.39, 0.29) is 17.2 Å². The van der Waals surface area contributed by atoms with E-state index in [1.807, 2.05) is 0 Å². The normalized spacial score (nSPS) is 28.1. The molecule has 2 rings (SSSR count). The van der Waals surface area contributed by atoms with Crippen molar-refractivity contribution in [2.45, 2.75) is 83.0 Å². The third kappa shape index (κ3) is 2.84. The second kappa shape index (κ2) is 6.11. The molecule has 2 unspecified atom stereocenters. The van der Waals surface area contributed by atoms with Gasteiger partial charge in [-0.3, -0.25) is 0 Å². The number of hydrogen-bond donors (Lipinski definition) is 1. The molecular formula is C16H31NO2. The van der Waals surface area contributed by atoms with Crippen LogP contribution in [-0.4, -0.2) is 30.5 Å². The summed E-state index contributed by atoms with van der Waals surface area (Å²) >= 11 is 0. The molecule has 0 bridgehead atoms. The Kier molecular flexibility index (Phi) is 4.91. The maximum atomic E-state index is 6.65. The zero-order chi connectivity index (χ0) is 13.9. The quantitative estimate of drug-likeness (QED) is 0.805. The predicted octanol–water partition coefficient (Wildman–Crippen LogP) is 3.26. The molecule has 112 valence electrons. The first kappa shape index (κ1) is 15.3. The standard InChI is InChI=1S/C16H31NO2/c1-4-16(5-2,18-6-3)14(17)13-8-11-19-15(12-13)9-7-10-15/h13-14H,4-12,17H2,1-3H3. The van der Waals surface area contributed by atoms with E-state index in [0.29, 0.717) is 5.92 Å². The van der Waals surface area contributed by atoms with Gasteiger partial charge in [0.15, 0.2) is 0 Å². The van der Waals surface area contributed by atoms with Crippen LogP contribution in [-0.2, 0) is 9.47 Å². The van der Waals surface area contributed by atoms with Crippen molar-refractivity contribution in [2.75, 3.05) is 13.2 Å². The number of nitrogens with two attached hydrogens (primary N) is 1. The molecule has 0 aromatic carbocycles. The molecule has 3 heteroatoms. The summed E-state index contributed by atoms with van der Waals surface area (Å²) in [6.45, 7) is 8.12. The summed E-state index contributed by atoms with van der Waals surface area (Å²) in [5, 5.41) is 0. The minimum atomic E-state index is -0.137. The van der Waals surface area contributed by atoms with Crippen LogP contribution < -0.4 is 5.73 Å². The first-order chi connectivity index (χ1) is 9.11. The van der Waals surface area contributed by atoms with Gasteiger partial charge in [-0.15, -0.1) is 0 Å². The summed E-state index contributed by atoms with van der Waals surface area (Å²) in [5.41, 5.74) is 6.70. The summed E-state index contributed by atoms with van der Waals surface area (Å²) < 4.78 is 12.1. The highest BCUT2D eigenvalue weighted by Crippen LogP contribution is 2.46. The van der Waals surface area contributed by atoms with Crippen molar-refractivity contribution in [1.29, 1.82) is 0 Å². The Hall–Kier alpha value is -0.120. The van der Waals surface area contributed by atoms with Crippen LogP contribution in [0.1, 0.15) is 65.7 Å². The minimum Gasteiger partial charge on any atom is -0.375 e. The van der Waals surface area contributed by atoms with E-state index < -0.39 is 0 Å². The lowest BCUT2D eigenvalue weighted by molar-refractivity contribution is -0.161. The van der Waals surface area contributed by atoms with Crippen LogP contribution in [0, 0.1) is 5.92 Å². The highest BCUT2D eigenvalue weighted by atomic mass is 16.5. The Morgan fingerprint density at radius 2 is 2.00 bits per heavy atom.